The van der Waals surface area contributed by atoms with Crippen LogP contribution in [0, 0.1) is 0 Å². The minimum Gasteiger partial charge on any atom is -0.465 e. The first-order valence-electron chi connectivity index (χ1n) is 7.34. The highest BCUT2D eigenvalue weighted by molar-refractivity contribution is 7.16. The summed E-state index contributed by atoms with van der Waals surface area (Å²) in [7, 11) is 1.40. The van der Waals surface area contributed by atoms with Crippen molar-refractivity contribution in [1.82, 2.24) is 5.32 Å². The van der Waals surface area contributed by atoms with E-state index < -0.39 is 0 Å². The van der Waals surface area contributed by atoms with Crippen LogP contribution in [0.3, 0.4) is 0 Å². The second kappa shape index (κ2) is 6.82. The molecule has 1 aliphatic rings. The monoisotopic (exact) mass is 335 g/mol. The quantitative estimate of drug-likeness (QED) is 0.845. The Balaban J connectivity index is 1.73. The lowest BCUT2D eigenvalue weighted by Crippen LogP contribution is -2.30. The third-order valence-electron chi connectivity index (χ3n) is 4.13. The Labute approximate surface area is 139 Å². The van der Waals surface area contributed by atoms with Crippen LogP contribution in [-0.4, -0.2) is 19.6 Å². The van der Waals surface area contributed by atoms with Crippen LogP contribution in [0.25, 0.3) is 0 Å². The fraction of sp³-hybridized carbons (Fsp3) is 0.353. The lowest BCUT2D eigenvalue weighted by atomic mass is 9.87. The summed E-state index contributed by atoms with van der Waals surface area (Å²) in [6, 6.07) is 12.1. The van der Waals surface area contributed by atoms with Gasteiger partial charge in [-0.2, -0.15) is 0 Å². The van der Waals surface area contributed by atoms with Crippen molar-refractivity contribution in [2.24, 2.45) is 0 Å². The normalized spacial score (nSPS) is 21.5. The number of hydrogen-bond donors (Lipinski definition) is 1. The number of esters is 1. The van der Waals surface area contributed by atoms with Gasteiger partial charge in [0.2, 0.25) is 0 Å². The predicted octanol–water partition coefficient (Wildman–Crippen LogP) is 4.40. The minimum absolute atomic E-state index is 0.297. The molecule has 0 saturated carbocycles. The van der Waals surface area contributed by atoms with Crippen molar-refractivity contribution < 1.29 is 9.53 Å². The van der Waals surface area contributed by atoms with Crippen molar-refractivity contribution in [3.63, 3.8) is 0 Å². The van der Waals surface area contributed by atoms with E-state index in [1.54, 1.807) is 11.3 Å². The van der Waals surface area contributed by atoms with Crippen LogP contribution in [0.15, 0.2) is 36.4 Å². The number of ether oxygens (including phenoxy) is 1. The molecule has 0 aliphatic carbocycles. The summed E-state index contributed by atoms with van der Waals surface area (Å²) in [5.41, 5.74) is 1.80. The molecule has 3 nitrogen and oxygen atoms in total. The van der Waals surface area contributed by atoms with Crippen LogP contribution in [0.1, 0.15) is 45.6 Å². The van der Waals surface area contributed by atoms with Crippen molar-refractivity contribution in [2.45, 2.75) is 24.8 Å². The first-order valence-corrected chi connectivity index (χ1v) is 8.53. The molecule has 1 saturated heterocycles. The Kier molecular flexibility index (Phi) is 4.81. The number of rotatable bonds is 3. The first-order chi connectivity index (χ1) is 10.7. The molecule has 22 heavy (non-hydrogen) atoms. The second-order valence-electron chi connectivity index (χ2n) is 5.48. The van der Waals surface area contributed by atoms with Crippen LogP contribution in [0.4, 0.5) is 0 Å². The fourth-order valence-corrected chi connectivity index (χ4v) is 4.16. The molecule has 1 aliphatic heterocycles. The number of piperidine rings is 1. The molecule has 116 valence electrons. The Bertz CT molecular complexity index is 653. The highest BCUT2D eigenvalue weighted by Gasteiger charge is 2.25. The molecule has 3 rings (SSSR count). The van der Waals surface area contributed by atoms with Crippen molar-refractivity contribution in [1.29, 1.82) is 0 Å². The van der Waals surface area contributed by atoms with Crippen LogP contribution in [0.2, 0.25) is 4.34 Å². The van der Waals surface area contributed by atoms with Gasteiger partial charge in [0.1, 0.15) is 0 Å². The van der Waals surface area contributed by atoms with Crippen LogP contribution in [-0.2, 0) is 4.74 Å². The van der Waals surface area contributed by atoms with Crippen LogP contribution >= 0.6 is 22.9 Å². The molecule has 1 aromatic carbocycles. The summed E-state index contributed by atoms with van der Waals surface area (Å²) in [4.78, 5) is 12.9. The number of benzene rings is 1. The summed E-state index contributed by atoms with van der Waals surface area (Å²) in [5, 5.41) is 3.56. The van der Waals surface area contributed by atoms with E-state index in [1.165, 1.54) is 17.6 Å². The van der Waals surface area contributed by atoms with E-state index in [0.717, 1.165) is 23.7 Å². The Morgan fingerprint density at radius 1 is 1.27 bits per heavy atom. The molecule has 2 aromatic rings. The maximum atomic E-state index is 11.5. The largest absolute Gasteiger partial charge is 0.465 e. The molecule has 1 aromatic heterocycles. The standard InChI is InChI=1S/C17H18ClNO2S/c1-21-17(20)12-4-2-11(3-5-12)14-10-13(8-9-19-14)15-6-7-16(18)22-15/h2-7,13-14,19H,8-10H2,1H3/t13?,14-/m0/s1. The average Bonchev–Trinajstić information content (AvgIpc) is 3.01. The van der Waals surface area contributed by atoms with Gasteiger partial charge in [-0.05, 0) is 55.1 Å². The molecule has 0 amide bonds. The van der Waals surface area contributed by atoms with Gasteiger partial charge in [-0.1, -0.05) is 23.7 Å². The number of carbonyl (C=O) groups is 1. The van der Waals surface area contributed by atoms with Crippen molar-refractivity contribution in [2.75, 3.05) is 13.7 Å². The van der Waals surface area contributed by atoms with Crippen LogP contribution in [0.5, 0.6) is 0 Å². The Hall–Kier alpha value is -1.36. The molecule has 2 heterocycles. The van der Waals surface area contributed by atoms with Gasteiger partial charge in [-0.25, -0.2) is 4.79 Å². The molecule has 1 unspecified atom stereocenters. The zero-order chi connectivity index (χ0) is 15.5. The van der Waals surface area contributed by atoms with Gasteiger partial charge in [0.15, 0.2) is 0 Å². The maximum absolute atomic E-state index is 11.5. The zero-order valence-electron chi connectivity index (χ0n) is 12.3. The van der Waals surface area contributed by atoms with Gasteiger partial charge in [0.05, 0.1) is 17.0 Å². The van der Waals surface area contributed by atoms with Crippen molar-refractivity contribution in [3.8, 4) is 0 Å². The molecular formula is C17H18ClNO2S. The summed E-state index contributed by atoms with van der Waals surface area (Å²) < 4.78 is 5.59. The number of nitrogens with one attached hydrogen (secondary N) is 1. The van der Waals surface area contributed by atoms with Gasteiger partial charge in [0.25, 0.3) is 0 Å². The Morgan fingerprint density at radius 2 is 2.05 bits per heavy atom. The summed E-state index contributed by atoms with van der Waals surface area (Å²) in [5.74, 6) is 0.248. The lowest BCUT2D eigenvalue weighted by molar-refractivity contribution is 0.0600. The maximum Gasteiger partial charge on any atom is 0.337 e. The summed E-state index contributed by atoms with van der Waals surface area (Å²) in [6.07, 6.45) is 2.18. The smallest absolute Gasteiger partial charge is 0.337 e. The van der Waals surface area contributed by atoms with Gasteiger partial charge in [0, 0.05) is 10.9 Å². The lowest BCUT2D eigenvalue weighted by Gasteiger charge is -2.30. The number of halogens is 1. The van der Waals surface area contributed by atoms with Gasteiger partial charge in [-0.3, -0.25) is 0 Å². The Morgan fingerprint density at radius 3 is 2.68 bits per heavy atom. The average molecular weight is 336 g/mol. The summed E-state index contributed by atoms with van der Waals surface area (Å²) >= 11 is 7.73. The number of methoxy groups -OCH3 is 1. The van der Waals surface area contributed by atoms with Crippen LogP contribution < -0.4 is 5.32 Å². The molecule has 1 N–H and O–H groups in total. The molecule has 2 atom stereocenters. The van der Waals surface area contributed by atoms with E-state index >= 15 is 0 Å². The number of hydrogen-bond acceptors (Lipinski definition) is 4. The topological polar surface area (TPSA) is 38.3 Å². The summed E-state index contributed by atoms with van der Waals surface area (Å²) in [6.45, 7) is 0.990. The van der Waals surface area contributed by atoms with Gasteiger partial charge < -0.3 is 10.1 Å². The SMILES string of the molecule is COC(=O)c1ccc([C@@H]2CC(c3ccc(Cl)s3)CCN2)cc1. The molecule has 0 radical (unpaired) electrons. The third kappa shape index (κ3) is 3.35. The van der Waals surface area contributed by atoms with E-state index in [1.807, 2.05) is 30.3 Å². The molecule has 0 bridgehead atoms. The first kappa shape index (κ1) is 15.5. The van der Waals surface area contributed by atoms with Crippen molar-refractivity contribution >= 4 is 28.9 Å². The molecule has 5 heteroatoms. The predicted molar refractivity (Wildman–Crippen MR) is 89.8 cm³/mol. The highest BCUT2D eigenvalue weighted by atomic mass is 35.5. The van der Waals surface area contributed by atoms with Gasteiger partial charge >= 0.3 is 5.97 Å². The fourth-order valence-electron chi connectivity index (χ4n) is 2.95. The van der Waals surface area contributed by atoms with Crippen molar-refractivity contribution in [3.05, 3.63) is 56.7 Å². The van der Waals surface area contributed by atoms with E-state index in [2.05, 4.69) is 11.4 Å². The number of carbonyl (C=O) groups excluding carboxylic acids is 1. The third-order valence-corrected chi connectivity index (χ3v) is 5.53. The number of thiophene rings is 1. The molecule has 0 spiro atoms. The minimum atomic E-state index is -0.297. The van der Waals surface area contributed by atoms with E-state index in [4.69, 9.17) is 16.3 Å². The van der Waals surface area contributed by atoms with Gasteiger partial charge in [-0.15, -0.1) is 11.3 Å². The van der Waals surface area contributed by atoms with E-state index in [-0.39, 0.29) is 5.97 Å². The van der Waals surface area contributed by atoms with E-state index in [9.17, 15) is 4.79 Å². The molecule has 1 fully saturated rings. The molecular weight excluding hydrogens is 318 g/mol. The second-order valence-corrected chi connectivity index (χ2v) is 7.23. The zero-order valence-corrected chi connectivity index (χ0v) is 13.9. The highest BCUT2D eigenvalue weighted by Crippen LogP contribution is 2.38. The van der Waals surface area contributed by atoms with E-state index in [0.29, 0.717) is 17.5 Å².